The first-order valence-corrected chi connectivity index (χ1v) is 7.45. The van der Waals surface area contributed by atoms with Gasteiger partial charge in [-0.25, -0.2) is 0 Å². The molecule has 2 heterocycles. The van der Waals surface area contributed by atoms with Crippen LogP contribution in [0.25, 0.3) is 0 Å². The zero-order valence-electron chi connectivity index (χ0n) is 11.3. The van der Waals surface area contributed by atoms with Crippen molar-refractivity contribution in [3.8, 4) is 0 Å². The van der Waals surface area contributed by atoms with Crippen LogP contribution >= 0.6 is 11.6 Å². The third-order valence-electron chi connectivity index (χ3n) is 4.12. The van der Waals surface area contributed by atoms with Gasteiger partial charge in [0.05, 0.1) is 6.10 Å². The summed E-state index contributed by atoms with van der Waals surface area (Å²) in [5, 5.41) is 4.06. The fourth-order valence-corrected chi connectivity index (χ4v) is 3.10. The van der Waals surface area contributed by atoms with E-state index in [9.17, 15) is 4.79 Å². The lowest BCUT2D eigenvalue weighted by molar-refractivity contribution is -0.152. The van der Waals surface area contributed by atoms with E-state index in [1.165, 1.54) is 0 Å². The zero-order chi connectivity index (χ0) is 13.9. The summed E-state index contributed by atoms with van der Waals surface area (Å²) in [5.41, 5.74) is 0.993. The Hall–Kier alpha value is -1.10. The molecule has 2 atom stereocenters. The molecule has 1 aromatic rings. The van der Waals surface area contributed by atoms with Gasteiger partial charge in [-0.05, 0) is 24.6 Å². The SMILES string of the molecule is O=C1COC(C2CCNC2)CN1Cc1ccccc1Cl. The molecular formula is C15H19ClN2O2. The second kappa shape index (κ2) is 6.12. The monoisotopic (exact) mass is 294 g/mol. The number of carbonyl (C=O) groups excluding carboxylic acids is 1. The number of benzene rings is 1. The third-order valence-corrected chi connectivity index (χ3v) is 4.49. The maximum Gasteiger partial charge on any atom is 0.248 e. The summed E-state index contributed by atoms with van der Waals surface area (Å²) in [6.45, 7) is 3.45. The van der Waals surface area contributed by atoms with Crippen LogP contribution in [0.2, 0.25) is 5.02 Å². The molecule has 2 aliphatic rings. The van der Waals surface area contributed by atoms with Crippen molar-refractivity contribution in [1.82, 2.24) is 10.2 Å². The molecule has 5 heteroatoms. The molecule has 1 N–H and O–H groups in total. The van der Waals surface area contributed by atoms with Gasteiger partial charge in [0.25, 0.3) is 0 Å². The summed E-state index contributed by atoms with van der Waals surface area (Å²) < 4.78 is 5.71. The number of hydrogen-bond acceptors (Lipinski definition) is 3. The van der Waals surface area contributed by atoms with Crippen molar-refractivity contribution >= 4 is 17.5 Å². The standard InChI is InChI=1S/C15H19ClN2O2/c16-13-4-2-1-3-12(13)8-18-9-14(20-10-15(18)19)11-5-6-17-7-11/h1-4,11,14,17H,5-10H2. The van der Waals surface area contributed by atoms with E-state index < -0.39 is 0 Å². The van der Waals surface area contributed by atoms with Crippen molar-refractivity contribution in [1.29, 1.82) is 0 Å². The molecule has 108 valence electrons. The average molecular weight is 295 g/mol. The molecule has 0 spiro atoms. The first kappa shape index (κ1) is 13.9. The van der Waals surface area contributed by atoms with Crippen molar-refractivity contribution in [2.45, 2.75) is 19.1 Å². The molecule has 3 rings (SSSR count). The van der Waals surface area contributed by atoms with Gasteiger partial charge in [-0.15, -0.1) is 0 Å². The Balaban J connectivity index is 1.68. The van der Waals surface area contributed by atoms with Crippen molar-refractivity contribution in [2.24, 2.45) is 5.92 Å². The van der Waals surface area contributed by atoms with Crippen LogP contribution in [0.4, 0.5) is 0 Å². The van der Waals surface area contributed by atoms with E-state index in [1.807, 2.05) is 29.2 Å². The fraction of sp³-hybridized carbons (Fsp3) is 0.533. The van der Waals surface area contributed by atoms with E-state index in [1.54, 1.807) is 0 Å². The molecule has 1 aromatic carbocycles. The molecule has 1 amide bonds. The molecule has 0 aromatic heterocycles. The highest BCUT2D eigenvalue weighted by Gasteiger charge is 2.33. The number of hydrogen-bond donors (Lipinski definition) is 1. The Morgan fingerprint density at radius 3 is 3.00 bits per heavy atom. The summed E-state index contributed by atoms with van der Waals surface area (Å²) in [6, 6.07) is 7.68. The number of amides is 1. The van der Waals surface area contributed by atoms with E-state index in [2.05, 4.69) is 5.32 Å². The second-order valence-electron chi connectivity index (χ2n) is 5.47. The van der Waals surface area contributed by atoms with E-state index in [-0.39, 0.29) is 18.6 Å². The van der Waals surface area contributed by atoms with Gasteiger partial charge in [-0.3, -0.25) is 4.79 Å². The van der Waals surface area contributed by atoms with Crippen LogP contribution < -0.4 is 5.32 Å². The van der Waals surface area contributed by atoms with Gasteiger partial charge in [0.15, 0.2) is 0 Å². The quantitative estimate of drug-likeness (QED) is 0.922. The predicted octanol–water partition coefficient (Wildman–Crippen LogP) is 1.68. The number of nitrogens with one attached hydrogen (secondary N) is 1. The average Bonchev–Trinajstić information content (AvgIpc) is 2.98. The maximum absolute atomic E-state index is 12.0. The molecule has 2 unspecified atom stereocenters. The number of ether oxygens (including phenoxy) is 1. The maximum atomic E-state index is 12.0. The molecule has 0 aliphatic carbocycles. The van der Waals surface area contributed by atoms with Crippen LogP contribution in [-0.4, -0.2) is 43.2 Å². The highest BCUT2D eigenvalue weighted by atomic mass is 35.5. The van der Waals surface area contributed by atoms with Crippen LogP contribution in [0, 0.1) is 5.92 Å². The van der Waals surface area contributed by atoms with Gasteiger partial charge in [0.2, 0.25) is 5.91 Å². The first-order chi connectivity index (χ1) is 9.74. The number of carbonyl (C=O) groups is 1. The molecule has 2 fully saturated rings. The smallest absolute Gasteiger partial charge is 0.248 e. The third kappa shape index (κ3) is 2.97. The van der Waals surface area contributed by atoms with E-state index in [0.29, 0.717) is 24.0 Å². The normalized spacial score (nSPS) is 27.1. The minimum Gasteiger partial charge on any atom is -0.366 e. The molecule has 20 heavy (non-hydrogen) atoms. The molecule has 0 radical (unpaired) electrons. The van der Waals surface area contributed by atoms with Crippen molar-refractivity contribution in [2.75, 3.05) is 26.2 Å². The summed E-state index contributed by atoms with van der Waals surface area (Å²) in [7, 11) is 0. The number of morpholine rings is 1. The Bertz CT molecular complexity index is 489. The minimum absolute atomic E-state index is 0.0483. The molecule has 0 saturated carbocycles. The van der Waals surface area contributed by atoms with E-state index in [0.717, 1.165) is 25.1 Å². The topological polar surface area (TPSA) is 41.6 Å². The lowest BCUT2D eigenvalue weighted by atomic mass is 9.99. The summed E-state index contributed by atoms with van der Waals surface area (Å²) in [5.74, 6) is 0.559. The summed E-state index contributed by atoms with van der Waals surface area (Å²) >= 11 is 6.18. The lowest BCUT2D eigenvalue weighted by Crippen LogP contribution is -2.49. The van der Waals surface area contributed by atoms with Crippen molar-refractivity contribution < 1.29 is 9.53 Å². The van der Waals surface area contributed by atoms with Crippen LogP contribution in [0.1, 0.15) is 12.0 Å². The van der Waals surface area contributed by atoms with Gasteiger partial charge >= 0.3 is 0 Å². The molecule has 4 nitrogen and oxygen atoms in total. The van der Waals surface area contributed by atoms with E-state index in [4.69, 9.17) is 16.3 Å². The summed E-state index contributed by atoms with van der Waals surface area (Å²) in [6.07, 6.45) is 1.27. The highest BCUT2D eigenvalue weighted by molar-refractivity contribution is 6.31. The van der Waals surface area contributed by atoms with Crippen LogP contribution in [0.5, 0.6) is 0 Å². The predicted molar refractivity (Wildman–Crippen MR) is 77.6 cm³/mol. The number of halogens is 1. The second-order valence-corrected chi connectivity index (χ2v) is 5.88. The van der Waals surface area contributed by atoms with Gasteiger partial charge in [0.1, 0.15) is 6.61 Å². The molecular weight excluding hydrogens is 276 g/mol. The highest BCUT2D eigenvalue weighted by Crippen LogP contribution is 2.23. The van der Waals surface area contributed by atoms with Gasteiger partial charge in [0, 0.05) is 30.6 Å². The van der Waals surface area contributed by atoms with Crippen LogP contribution in [-0.2, 0) is 16.1 Å². The molecule has 0 bridgehead atoms. The molecule has 2 aliphatic heterocycles. The van der Waals surface area contributed by atoms with Crippen LogP contribution in [0.3, 0.4) is 0 Å². The van der Waals surface area contributed by atoms with Crippen LogP contribution in [0.15, 0.2) is 24.3 Å². The molecule has 2 saturated heterocycles. The van der Waals surface area contributed by atoms with Crippen molar-refractivity contribution in [3.05, 3.63) is 34.9 Å². The number of rotatable bonds is 3. The van der Waals surface area contributed by atoms with Gasteiger partial charge < -0.3 is 15.0 Å². The lowest BCUT2D eigenvalue weighted by Gasteiger charge is -2.35. The Morgan fingerprint density at radius 1 is 1.40 bits per heavy atom. The number of nitrogens with zero attached hydrogens (tertiary/aromatic N) is 1. The minimum atomic E-state index is 0.0483. The largest absolute Gasteiger partial charge is 0.366 e. The first-order valence-electron chi connectivity index (χ1n) is 7.07. The van der Waals surface area contributed by atoms with E-state index >= 15 is 0 Å². The Labute approximate surface area is 124 Å². The van der Waals surface area contributed by atoms with Crippen molar-refractivity contribution in [3.63, 3.8) is 0 Å². The fourth-order valence-electron chi connectivity index (χ4n) is 2.91. The summed E-state index contributed by atoms with van der Waals surface area (Å²) in [4.78, 5) is 13.9. The van der Waals surface area contributed by atoms with Gasteiger partial charge in [-0.1, -0.05) is 29.8 Å². The Kier molecular flexibility index (Phi) is 4.24. The van der Waals surface area contributed by atoms with Gasteiger partial charge in [-0.2, -0.15) is 0 Å². The Morgan fingerprint density at radius 2 is 2.25 bits per heavy atom. The zero-order valence-corrected chi connectivity index (χ0v) is 12.1.